The maximum atomic E-state index is 14.6. The third kappa shape index (κ3) is 7.77. The van der Waals surface area contributed by atoms with Crippen LogP contribution in [0.1, 0.15) is 62.3 Å². The van der Waals surface area contributed by atoms with Gasteiger partial charge < -0.3 is 10.2 Å². The number of carbonyl (C=O) groups is 2. The highest BCUT2D eigenvalue weighted by molar-refractivity contribution is 5.88. The van der Waals surface area contributed by atoms with Crippen molar-refractivity contribution >= 4 is 11.8 Å². The molecule has 36 heavy (non-hydrogen) atoms. The van der Waals surface area contributed by atoms with Gasteiger partial charge in [-0.3, -0.25) is 9.59 Å². The SMILES string of the molecule is CC(C)NC(=O)[C@H](Cc1ccccc1)N(Cc1ccccc1F)C(=O)CCc1ccc(C(C)C)cc1. The number of amides is 2. The van der Waals surface area contributed by atoms with Gasteiger partial charge in [-0.15, -0.1) is 0 Å². The molecular weight excluding hydrogens is 451 g/mol. The standard InChI is InChI=1S/C31H37FN2O2/c1-22(2)26-17-14-24(15-18-26)16-19-30(35)34(21-27-12-8-9-13-28(27)32)29(31(36)33-23(3)4)20-25-10-6-5-7-11-25/h5-15,17-18,22-23,29H,16,19-21H2,1-4H3,(H,33,36)/t29-/m0/s1. The average molecular weight is 489 g/mol. The van der Waals surface area contributed by atoms with E-state index in [2.05, 4.69) is 43.4 Å². The molecule has 0 saturated carbocycles. The summed E-state index contributed by atoms with van der Waals surface area (Å²) in [6.07, 6.45) is 1.13. The number of rotatable bonds is 11. The van der Waals surface area contributed by atoms with Gasteiger partial charge >= 0.3 is 0 Å². The molecule has 3 rings (SSSR count). The smallest absolute Gasteiger partial charge is 0.243 e. The molecule has 0 saturated heterocycles. The predicted octanol–water partition coefficient (Wildman–Crippen LogP) is 6.05. The number of hydrogen-bond acceptors (Lipinski definition) is 2. The molecule has 2 amide bonds. The van der Waals surface area contributed by atoms with Crippen molar-refractivity contribution in [3.63, 3.8) is 0 Å². The van der Waals surface area contributed by atoms with Gasteiger partial charge in [0.1, 0.15) is 11.9 Å². The Morgan fingerprint density at radius 3 is 2.08 bits per heavy atom. The molecule has 3 aromatic rings. The third-order valence-electron chi connectivity index (χ3n) is 6.27. The van der Waals surface area contributed by atoms with Crippen molar-refractivity contribution in [1.29, 1.82) is 0 Å². The van der Waals surface area contributed by atoms with E-state index in [0.29, 0.717) is 24.3 Å². The van der Waals surface area contributed by atoms with Gasteiger partial charge in [-0.25, -0.2) is 4.39 Å². The number of halogens is 1. The molecule has 0 heterocycles. The first kappa shape index (κ1) is 27.1. The highest BCUT2D eigenvalue weighted by atomic mass is 19.1. The molecule has 0 spiro atoms. The van der Waals surface area contributed by atoms with E-state index in [1.165, 1.54) is 11.6 Å². The molecule has 1 N–H and O–H groups in total. The van der Waals surface area contributed by atoms with Gasteiger partial charge in [-0.1, -0.05) is 86.6 Å². The van der Waals surface area contributed by atoms with Crippen LogP contribution >= 0.6 is 0 Å². The second kappa shape index (κ2) is 13.0. The molecule has 4 nitrogen and oxygen atoms in total. The number of nitrogens with zero attached hydrogens (tertiary/aromatic N) is 1. The van der Waals surface area contributed by atoms with E-state index in [0.717, 1.165) is 11.1 Å². The van der Waals surface area contributed by atoms with Crippen LogP contribution in [0.15, 0.2) is 78.9 Å². The van der Waals surface area contributed by atoms with Gasteiger partial charge in [0.05, 0.1) is 0 Å². The fourth-order valence-electron chi connectivity index (χ4n) is 4.21. The summed E-state index contributed by atoms with van der Waals surface area (Å²) in [7, 11) is 0. The van der Waals surface area contributed by atoms with Gasteiger partial charge in [0.2, 0.25) is 11.8 Å². The molecule has 0 radical (unpaired) electrons. The summed E-state index contributed by atoms with van der Waals surface area (Å²) in [6, 6.07) is 23.5. The lowest BCUT2D eigenvalue weighted by molar-refractivity contribution is -0.141. The lowest BCUT2D eigenvalue weighted by Gasteiger charge is -2.32. The minimum absolute atomic E-state index is 0.0286. The summed E-state index contributed by atoms with van der Waals surface area (Å²) < 4.78 is 14.6. The van der Waals surface area contributed by atoms with Crippen molar-refractivity contribution in [3.8, 4) is 0 Å². The van der Waals surface area contributed by atoms with Crippen molar-refractivity contribution in [2.24, 2.45) is 0 Å². The van der Waals surface area contributed by atoms with Crippen LogP contribution in [0.4, 0.5) is 4.39 Å². The monoisotopic (exact) mass is 488 g/mol. The Morgan fingerprint density at radius 2 is 1.47 bits per heavy atom. The van der Waals surface area contributed by atoms with E-state index in [-0.39, 0.29) is 36.6 Å². The normalized spacial score (nSPS) is 12.0. The summed E-state index contributed by atoms with van der Waals surface area (Å²) in [4.78, 5) is 28.6. The van der Waals surface area contributed by atoms with Gasteiger partial charge in [-0.2, -0.15) is 0 Å². The topological polar surface area (TPSA) is 49.4 Å². The molecule has 0 unspecified atom stereocenters. The third-order valence-corrected chi connectivity index (χ3v) is 6.27. The zero-order valence-electron chi connectivity index (χ0n) is 21.7. The first-order chi connectivity index (χ1) is 17.2. The van der Waals surface area contributed by atoms with Crippen molar-refractivity contribution in [2.45, 2.75) is 71.5 Å². The zero-order chi connectivity index (χ0) is 26.1. The van der Waals surface area contributed by atoms with Crippen LogP contribution in [0.2, 0.25) is 0 Å². The van der Waals surface area contributed by atoms with Crippen LogP contribution in [-0.4, -0.2) is 28.8 Å². The highest BCUT2D eigenvalue weighted by Gasteiger charge is 2.31. The first-order valence-electron chi connectivity index (χ1n) is 12.7. The molecule has 3 aromatic carbocycles. The first-order valence-corrected chi connectivity index (χ1v) is 12.7. The molecule has 190 valence electrons. The van der Waals surface area contributed by atoms with E-state index in [1.807, 2.05) is 44.2 Å². The lowest BCUT2D eigenvalue weighted by Crippen LogP contribution is -2.52. The fraction of sp³-hybridized carbons (Fsp3) is 0.355. The molecule has 0 bridgehead atoms. The minimum atomic E-state index is -0.759. The number of benzene rings is 3. The van der Waals surface area contributed by atoms with Crippen LogP contribution in [0, 0.1) is 5.82 Å². The fourth-order valence-corrected chi connectivity index (χ4v) is 4.21. The predicted molar refractivity (Wildman–Crippen MR) is 143 cm³/mol. The van der Waals surface area contributed by atoms with Gasteiger partial charge in [0, 0.05) is 31.0 Å². The number of hydrogen-bond donors (Lipinski definition) is 1. The summed E-state index contributed by atoms with van der Waals surface area (Å²) >= 11 is 0. The lowest BCUT2D eigenvalue weighted by atomic mass is 9.99. The second-order valence-corrected chi connectivity index (χ2v) is 9.88. The Morgan fingerprint density at radius 1 is 0.833 bits per heavy atom. The van der Waals surface area contributed by atoms with Crippen LogP contribution in [0.25, 0.3) is 0 Å². The van der Waals surface area contributed by atoms with E-state index < -0.39 is 6.04 Å². The average Bonchev–Trinajstić information content (AvgIpc) is 2.86. The molecule has 0 aromatic heterocycles. The molecule has 0 aliphatic carbocycles. The van der Waals surface area contributed by atoms with Crippen molar-refractivity contribution in [2.75, 3.05) is 0 Å². The number of aryl methyl sites for hydroxylation is 1. The van der Waals surface area contributed by atoms with Crippen molar-refractivity contribution < 1.29 is 14.0 Å². The second-order valence-electron chi connectivity index (χ2n) is 9.88. The largest absolute Gasteiger partial charge is 0.352 e. The van der Waals surface area contributed by atoms with Crippen LogP contribution < -0.4 is 5.32 Å². The maximum absolute atomic E-state index is 14.6. The van der Waals surface area contributed by atoms with Crippen LogP contribution in [-0.2, 0) is 29.0 Å². The van der Waals surface area contributed by atoms with Gasteiger partial charge in [-0.05, 0) is 48.9 Å². The Kier molecular flexibility index (Phi) is 9.80. The molecule has 5 heteroatoms. The summed E-state index contributed by atoms with van der Waals surface area (Å²) in [5, 5.41) is 2.96. The molecule has 0 aliphatic rings. The van der Waals surface area contributed by atoms with Gasteiger partial charge in [0.15, 0.2) is 0 Å². The van der Waals surface area contributed by atoms with E-state index in [1.54, 1.807) is 23.1 Å². The van der Waals surface area contributed by atoms with Crippen molar-refractivity contribution in [1.82, 2.24) is 10.2 Å². The Bertz CT molecular complexity index is 1130. The maximum Gasteiger partial charge on any atom is 0.243 e. The van der Waals surface area contributed by atoms with Gasteiger partial charge in [0.25, 0.3) is 0 Å². The van der Waals surface area contributed by atoms with E-state index >= 15 is 0 Å². The van der Waals surface area contributed by atoms with E-state index in [4.69, 9.17) is 0 Å². The summed E-state index contributed by atoms with van der Waals surface area (Å²) in [6.45, 7) is 8.10. The van der Waals surface area contributed by atoms with E-state index in [9.17, 15) is 14.0 Å². The molecule has 0 aliphatic heterocycles. The minimum Gasteiger partial charge on any atom is -0.352 e. The molecule has 1 atom stereocenters. The Labute approximate surface area is 214 Å². The Balaban J connectivity index is 1.89. The van der Waals surface area contributed by atoms with Crippen LogP contribution in [0.5, 0.6) is 0 Å². The Hall–Kier alpha value is -3.47. The van der Waals surface area contributed by atoms with Crippen molar-refractivity contribution in [3.05, 3.63) is 107 Å². The number of carbonyl (C=O) groups excluding carboxylic acids is 2. The zero-order valence-corrected chi connectivity index (χ0v) is 21.7. The summed E-state index contributed by atoms with van der Waals surface area (Å²) in [5.41, 5.74) is 3.64. The number of nitrogens with one attached hydrogen (secondary N) is 1. The highest BCUT2D eigenvalue weighted by Crippen LogP contribution is 2.20. The molecule has 0 fully saturated rings. The molecular formula is C31H37FN2O2. The summed E-state index contributed by atoms with van der Waals surface area (Å²) in [5.74, 6) is -0.358. The van der Waals surface area contributed by atoms with Crippen LogP contribution in [0.3, 0.4) is 0 Å². The quantitative estimate of drug-likeness (QED) is 0.357.